The molecule has 0 unspecified atom stereocenters. The fourth-order valence-electron chi connectivity index (χ4n) is 4.36. The van der Waals surface area contributed by atoms with Crippen molar-refractivity contribution in [2.24, 2.45) is 5.92 Å². The fourth-order valence-corrected chi connectivity index (χ4v) is 4.36. The lowest BCUT2D eigenvalue weighted by Crippen LogP contribution is -2.15. The lowest BCUT2D eigenvalue weighted by atomic mass is 9.73. The third-order valence-corrected chi connectivity index (χ3v) is 6.35. The number of benzene rings is 3. The molecule has 3 heteroatoms. The van der Waals surface area contributed by atoms with E-state index < -0.39 is 0 Å². The normalized spacial score (nSPS) is 14.2. The maximum atomic E-state index is 9.35. The standard InChI is InChI=1S/C31H29N3/c1-21(2)11-12-22-13-15-25(16-14-22)31(26-17-18-28(33)27(19-26)29(34)20-32)30(24-9-6-10-24)23-7-4-3-5-8-23/h3-5,7-8,11-19,24,34H,1,6,9-10,33H2,2H3/b12-11+,31-30-,34-29?. The Morgan fingerprint density at radius 3 is 2.26 bits per heavy atom. The Morgan fingerprint density at radius 1 is 1.00 bits per heavy atom. The van der Waals surface area contributed by atoms with Crippen molar-refractivity contribution in [2.75, 3.05) is 5.73 Å². The summed E-state index contributed by atoms with van der Waals surface area (Å²) in [6.45, 7) is 5.92. The van der Waals surface area contributed by atoms with Crippen LogP contribution in [0.3, 0.4) is 0 Å². The van der Waals surface area contributed by atoms with Gasteiger partial charge in [-0.05, 0) is 71.2 Å². The van der Waals surface area contributed by atoms with Crippen LogP contribution in [0, 0.1) is 22.7 Å². The van der Waals surface area contributed by atoms with Gasteiger partial charge < -0.3 is 5.73 Å². The second-order valence-corrected chi connectivity index (χ2v) is 8.87. The molecule has 1 aliphatic carbocycles. The highest BCUT2D eigenvalue weighted by atomic mass is 14.6. The first-order chi connectivity index (χ1) is 16.5. The maximum Gasteiger partial charge on any atom is 0.141 e. The Bertz CT molecular complexity index is 1320. The number of nitrogen functional groups attached to an aromatic ring is 1. The first-order valence-corrected chi connectivity index (χ1v) is 11.6. The highest BCUT2D eigenvalue weighted by molar-refractivity contribution is 6.13. The van der Waals surface area contributed by atoms with Crippen molar-refractivity contribution in [2.45, 2.75) is 26.2 Å². The molecule has 1 saturated carbocycles. The summed E-state index contributed by atoms with van der Waals surface area (Å²) in [6.07, 6.45) is 7.61. The van der Waals surface area contributed by atoms with Gasteiger partial charge in [0.15, 0.2) is 0 Å². The van der Waals surface area contributed by atoms with E-state index in [0.717, 1.165) is 40.7 Å². The Hall–Kier alpha value is -4.16. The van der Waals surface area contributed by atoms with Crippen LogP contribution in [-0.4, -0.2) is 5.71 Å². The van der Waals surface area contributed by atoms with E-state index in [2.05, 4.69) is 61.2 Å². The van der Waals surface area contributed by atoms with Crippen molar-refractivity contribution in [3.05, 3.63) is 119 Å². The molecule has 0 saturated heterocycles. The molecule has 34 heavy (non-hydrogen) atoms. The van der Waals surface area contributed by atoms with Crippen molar-refractivity contribution in [3.8, 4) is 6.07 Å². The van der Waals surface area contributed by atoms with Crippen molar-refractivity contribution in [1.82, 2.24) is 0 Å². The quantitative estimate of drug-likeness (QED) is 0.172. The zero-order chi connectivity index (χ0) is 24.1. The molecule has 1 aliphatic rings. The molecule has 3 nitrogen and oxygen atoms in total. The molecule has 3 N–H and O–H groups in total. The van der Waals surface area contributed by atoms with Crippen molar-refractivity contribution >= 4 is 28.6 Å². The number of allylic oxidation sites excluding steroid dienone is 3. The first kappa shape index (κ1) is 23.0. The molecule has 1 fully saturated rings. The molecule has 0 spiro atoms. The summed E-state index contributed by atoms with van der Waals surface area (Å²) >= 11 is 0. The van der Waals surface area contributed by atoms with Gasteiger partial charge in [0, 0.05) is 11.3 Å². The van der Waals surface area contributed by atoms with Crippen LogP contribution in [0.2, 0.25) is 0 Å². The minimum atomic E-state index is -0.121. The van der Waals surface area contributed by atoms with Crippen LogP contribution >= 0.6 is 0 Å². The smallest absolute Gasteiger partial charge is 0.141 e. The monoisotopic (exact) mass is 443 g/mol. The van der Waals surface area contributed by atoms with E-state index in [-0.39, 0.29) is 5.71 Å². The van der Waals surface area contributed by atoms with Gasteiger partial charge in [-0.2, -0.15) is 5.26 Å². The highest BCUT2D eigenvalue weighted by Gasteiger charge is 2.27. The lowest BCUT2D eigenvalue weighted by molar-refractivity contribution is 0.401. The van der Waals surface area contributed by atoms with Gasteiger partial charge in [0.2, 0.25) is 0 Å². The van der Waals surface area contributed by atoms with E-state index in [1.807, 2.05) is 43.3 Å². The van der Waals surface area contributed by atoms with Gasteiger partial charge in [0.05, 0.1) is 0 Å². The number of nitrogens with two attached hydrogens (primary N) is 1. The van der Waals surface area contributed by atoms with Gasteiger partial charge in [-0.15, -0.1) is 0 Å². The molecule has 0 bridgehead atoms. The topological polar surface area (TPSA) is 73.7 Å². The molecule has 168 valence electrons. The first-order valence-electron chi connectivity index (χ1n) is 11.6. The van der Waals surface area contributed by atoms with Gasteiger partial charge in [-0.1, -0.05) is 91.4 Å². The number of anilines is 1. The van der Waals surface area contributed by atoms with E-state index in [9.17, 15) is 5.26 Å². The largest absolute Gasteiger partial charge is 0.398 e. The summed E-state index contributed by atoms with van der Waals surface area (Å²) in [6, 6.07) is 26.7. The molecular weight excluding hydrogens is 414 g/mol. The number of hydrogen-bond donors (Lipinski definition) is 2. The lowest BCUT2D eigenvalue weighted by Gasteiger charge is -2.32. The van der Waals surface area contributed by atoms with E-state index in [0.29, 0.717) is 17.2 Å². The predicted molar refractivity (Wildman–Crippen MR) is 143 cm³/mol. The summed E-state index contributed by atoms with van der Waals surface area (Å²) < 4.78 is 0. The third kappa shape index (κ3) is 4.92. The van der Waals surface area contributed by atoms with Gasteiger partial charge in [-0.3, -0.25) is 5.41 Å². The van der Waals surface area contributed by atoms with Crippen LogP contribution in [0.1, 0.15) is 54.0 Å². The zero-order valence-corrected chi connectivity index (χ0v) is 19.5. The Morgan fingerprint density at radius 2 is 1.68 bits per heavy atom. The van der Waals surface area contributed by atoms with Crippen molar-refractivity contribution in [1.29, 1.82) is 10.7 Å². The molecule has 0 aliphatic heterocycles. The van der Waals surface area contributed by atoms with E-state index >= 15 is 0 Å². The highest BCUT2D eigenvalue weighted by Crippen LogP contribution is 2.45. The van der Waals surface area contributed by atoms with Crippen LogP contribution in [0.4, 0.5) is 5.69 Å². The molecule has 0 heterocycles. The van der Waals surface area contributed by atoms with Crippen LogP contribution in [-0.2, 0) is 0 Å². The number of nitrogens with zero attached hydrogens (tertiary/aromatic N) is 1. The summed E-state index contributed by atoms with van der Waals surface area (Å²) in [5.41, 5.74) is 14.8. The molecular formula is C31H29N3. The SMILES string of the molecule is C=C(C)/C=C/c1ccc(/C(=C(\c2ccccc2)C2CCC2)c2ccc(N)c(C(=N)C#N)c2)cc1. The van der Waals surface area contributed by atoms with Gasteiger partial charge in [0.1, 0.15) is 11.8 Å². The van der Waals surface area contributed by atoms with E-state index in [1.54, 1.807) is 0 Å². The average Bonchev–Trinajstić information content (AvgIpc) is 2.83. The average molecular weight is 444 g/mol. The summed E-state index contributed by atoms with van der Waals surface area (Å²) in [4.78, 5) is 0. The molecule has 0 radical (unpaired) electrons. The summed E-state index contributed by atoms with van der Waals surface area (Å²) in [7, 11) is 0. The predicted octanol–water partition coefficient (Wildman–Crippen LogP) is 7.51. The van der Waals surface area contributed by atoms with Gasteiger partial charge >= 0.3 is 0 Å². The minimum Gasteiger partial charge on any atom is -0.398 e. The van der Waals surface area contributed by atoms with Crippen LogP contribution in [0.15, 0.2) is 91.0 Å². The Labute approximate surface area is 202 Å². The third-order valence-electron chi connectivity index (χ3n) is 6.35. The Balaban J connectivity index is 1.95. The van der Waals surface area contributed by atoms with E-state index in [4.69, 9.17) is 11.1 Å². The van der Waals surface area contributed by atoms with E-state index in [1.165, 1.54) is 17.6 Å². The molecule has 3 aromatic carbocycles. The van der Waals surface area contributed by atoms with Crippen LogP contribution in [0.5, 0.6) is 0 Å². The fraction of sp³-hybridized carbons (Fsp3) is 0.161. The summed E-state index contributed by atoms with van der Waals surface area (Å²) in [5, 5.41) is 17.4. The molecule has 0 atom stereocenters. The van der Waals surface area contributed by atoms with Crippen molar-refractivity contribution in [3.63, 3.8) is 0 Å². The van der Waals surface area contributed by atoms with Crippen LogP contribution < -0.4 is 5.73 Å². The maximum absolute atomic E-state index is 9.35. The Kier molecular flexibility index (Phi) is 6.90. The second kappa shape index (κ2) is 10.2. The van der Waals surface area contributed by atoms with Gasteiger partial charge in [-0.25, -0.2) is 0 Å². The number of hydrogen-bond acceptors (Lipinski definition) is 3. The number of nitriles is 1. The number of nitrogens with one attached hydrogen (secondary N) is 1. The number of rotatable bonds is 7. The summed E-state index contributed by atoms with van der Waals surface area (Å²) in [5.74, 6) is 0.469. The zero-order valence-electron chi connectivity index (χ0n) is 19.5. The van der Waals surface area contributed by atoms with Crippen LogP contribution in [0.25, 0.3) is 17.2 Å². The molecule has 0 amide bonds. The van der Waals surface area contributed by atoms with Gasteiger partial charge in [0.25, 0.3) is 0 Å². The second-order valence-electron chi connectivity index (χ2n) is 8.87. The molecule has 4 rings (SSSR count). The molecule has 3 aromatic rings. The van der Waals surface area contributed by atoms with Crippen molar-refractivity contribution < 1.29 is 0 Å². The minimum absolute atomic E-state index is 0.121. The molecule has 0 aromatic heterocycles.